The molecule has 0 spiro atoms. The minimum absolute atomic E-state index is 0.198. The summed E-state index contributed by atoms with van der Waals surface area (Å²) in [6.45, 7) is 5.44. The Bertz CT molecular complexity index is 158. The van der Waals surface area contributed by atoms with E-state index in [0.29, 0.717) is 6.54 Å². The highest BCUT2D eigenvalue weighted by atomic mass is 32.2. The lowest BCUT2D eigenvalue weighted by molar-refractivity contribution is 0.0154. The van der Waals surface area contributed by atoms with E-state index in [1.165, 1.54) is 0 Å². The maximum atomic E-state index is 9.65. The van der Waals surface area contributed by atoms with Gasteiger partial charge in [-0.05, 0) is 13.8 Å². The number of thioether (sulfide) groups is 1. The molecule has 3 nitrogen and oxygen atoms in total. The van der Waals surface area contributed by atoms with Crippen LogP contribution >= 0.6 is 11.8 Å². The van der Waals surface area contributed by atoms with Crippen molar-refractivity contribution in [1.29, 1.82) is 0 Å². The molecule has 0 aliphatic carbocycles. The molecule has 1 aliphatic heterocycles. The summed E-state index contributed by atoms with van der Waals surface area (Å²) >= 11 is 1.87. The average molecular weight is 205 g/mol. The van der Waals surface area contributed by atoms with Crippen molar-refractivity contribution in [2.24, 2.45) is 0 Å². The molecule has 4 heteroatoms. The van der Waals surface area contributed by atoms with Gasteiger partial charge in [0.2, 0.25) is 0 Å². The van der Waals surface area contributed by atoms with Gasteiger partial charge in [0, 0.05) is 30.6 Å². The molecule has 0 radical (unpaired) electrons. The minimum atomic E-state index is -0.657. The molecule has 1 rings (SSSR count). The average Bonchev–Trinajstić information content (AvgIpc) is 2.02. The Balaban J connectivity index is 2.45. The van der Waals surface area contributed by atoms with Crippen molar-refractivity contribution in [2.45, 2.75) is 25.5 Å². The highest BCUT2D eigenvalue weighted by Crippen LogP contribution is 2.18. The molecule has 2 N–H and O–H groups in total. The lowest BCUT2D eigenvalue weighted by Gasteiger charge is -2.37. The van der Waals surface area contributed by atoms with Gasteiger partial charge in [0.05, 0.1) is 12.2 Å². The van der Waals surface area contributed by atoms with Crippen molar-refractivity contribution in [3.63, 3.8) is 0 Å². The third-order valence-corrected chi connectivity index (χ3v) is 3.24. The molecule has 0 aromatic heterocycles. The van der Waals surface area contributed by atoms with Gasteiger partial charge in [-0.1, -0.05) is 0 Å². The van der Waals surface area contributed by atoms with Gasteiger partial charge in [-0.2, -0.15) is 11.8 Å². The van der Waals surface area contributed by atoms with Crippen LogP contribution in [0.3, 0.4) is 0 Å². The van der Waals surface area contributed by atoms with Crippen LogP contribution in [0.2, 0.25) is 0 Å². The van der Waals surface area contributed by atoms with E-state index in [1.54, 1.807) is 0 Å². The van der Waals surface area contributed by atoms with E-state index in [1.807, 2.05) is 25.6 Å². The first kappa shape index (κ1) is 11.3. The van der Waals surface area contributed by atoms with E-state index in [-0.39, 0.29) is 12.6 Å². The van der Waals surface area contributed by atoms with Crippen molar-refractivity contribution in [1.82, 2.24) is 4.90 Å². The van der Waals surface area contributed by atoms with Crippen LogP contribution in [0.5, 0.6) is 0 Å². The molecule has 1 atom stereocenters. The summed E-state index contributed by atoms with van der Waals surface area (Å²) in [5.74, 6) is 2.08. The first-order valence-electron chi connectivity index (χ1n) is 4.68. The van der Waals surface area contributed by atoms with Crippen LogP contribution in [0.1, 0.15) is 13.8 Å². The Morgan fingerprint density at radius 2 is 2.23 bits per heavy atom. The first-order valence-corrected chi connectivity index (χ1v) is 5.83. The lowest BCUT2D eigenvalue weighted by atomic mass is 10.1. The molecule has 1 unspecified atom stereocenters. The molecule has 78 valence electrons. The zero-order valence-electron chi connectivity index (χ0n) is 8.36. The standard InChI is InChI=1S/C9H19NO2S/c1-9(2,12)7-10-3-4-13-6-8(10)5-11/h8,11-12H,3-7H2,1-2H3. The molecule has 1 heterocycles. The van der Waals surface area contributed by atoms with Gasteiger partial charge in [0.15, 0.2) is 0 Å². The highest BCUT2D eigenvalue weighted by molar-refractivity contribution is 7.99. The van der Waals surface area contributed by atoms with Crippen molar-refractivity contribution in [3.05, 3.63) is 0 Å². The van der Waals surface area contributed by atoms with Gasteiger partial charge >= 0.3 is 0 Å². The van der Waals surface area contributed by atoms with Crippen LogP contribution in [-0.4, -0.2) is 58.0 Å². The van der Waals surface area contributed by atoms with E-state index in [2.05, 4.69) is 4.90 Å². The summed E-state index contributed by atoms with van der Waals surface area (Å²) in [6, 6.07) is 0.227. The zero-order valence-corrected chi connectivity index (χ0v) is 9.18. The second kappa shape index (κ2) is 4.64. The topological polar surface area (TPSA) is 43.7 Å². The van der Waals surface area contributed by atoms with Crippen LogP contribution < -0.4 is 0 Å². The van der Waals surface area contributed by atoms with E-state index in [0.717, 1.165) is 18.1 Å². The fourth-order valence-electron chi connectivity index (χ4n) is 1.56. The maximum absolute atomic E-state index is 9.65. The summed E-state index contributed by atoms with van der Waals surface area (Å²) in [7, 11) is 0. The van der Waals surface area contributed by atoms with Crippen LogP contribution in [0.25, 0.3) is 0 Å². The van der Waals surface area contributed by atoms with E-state index in [9.17, 15) is 5.11 Å². The number of aliphatic hydroxyl groups is 2. The SMILES string of the molecule is CC(C)(O)CN1CCSCC1CO. The molecule has 1 fully saturated rings. The summed E-state index contributed by atoms with van der Waals surface area (Å²) in [6.07, 6.45) is 0. The first-order chi connectivity index (χ1) is 6.03. The molecule has 0 saturated carbocycles. The van der Waals surface area contributed by atoms with Crippen molar-refractivity contribution < 1.29 is 10.2 Å². The third kappa shape index (κ3) is 3.85. The van der Waals surface area contributed by atoms with Crippen LogP contribution in [0.15, 0.2) is 0 Å². The Morgan fingerprint density at radius 3 is 2.77 bits per heavy atom. The molecule has 0 bridgehead atoms. The Morgan fingerprint density at radius 1 is 1.54 bits per heavy atom. The van der Waals surface area contributed by atoms with Gasteiger partial charge in [-0.15, -0.1) is 0 Å². The second-order valence-corrected chi connectivity index (χ2v) is 5.34. The maximum Gasteiger partial charge on any atom is 0.0718 e. The van der Waals surface area contributed by atoms with Crippen LogP contribution in [-0.2, 0) is 0 Å². The van der Waals surface area contributed by atoms with Gasteiger partial charge in [-0.25, -0.2) is 0 Å². The fourth-order valence-corrected chi connectivity index (χ4v) is 2.68. The van der Waals surface area contributed by atoms with Crippen molar-refractivity contribution >= 4 is 11.8 Å². The molecule has 0 amide bonds. The normalized spacial score (nSPS) is 26.3. The number of nitrogens with zero attached hydrogens (tertiary/aromatic N) is 1. The minimum Gasteiger partial charge on any atom is -0.395 e. The fraction of sp³-hybridized carbons (Fsp3) is 1.00. The number of hydrogen-bond acceptors (Lipinski definition) is 4. The van der Waals surface area contributed by atoms with Gasteiger partial charge in [0.25, 0.3) is 0 Å². The molecular weight excluding hydrogens is 186 g/mol. The number of rotatable bonds is 3. The monoisotopic (exact) mass is 205 g/mol. The summed E-state index contributed by atoms with van der Waals surface area (Å²) in [5, 5.41) is 18.8. The molecule has 1 saturated heterocycles. The zero-order chi connectivity index (χ0) is 9.90. The van der Waals surface area contributed by atoms with Gasteiger partial charge in [0.1, 0.15) is 0 Å². The summed E-state index contributed by atoms with van der Waals surface area (Å²) < 4.78 is 0. The lowest BCUT2D eigenvalue weighted by Crippen LogP contribution is -2.50. The predicted octanol–water partition coefficient (Wildman–Crippen LogP) is 0.167. The van der Waals surface area contributed by atoms with Crippen LogP contribution in [0.4, 0.5) is 0 Å². The summed E-state index contributed by atoms with van der Waals surface area (Å²) in [4.78, 5) is 2.18. The van der Waals surface area contributed by atoms with Crippen molar-refractivity contribution in [3.8, 4) is 0 Å². The second-order valence-electron chi connectivity index (χ2n) is 4.19. The molecule has 1 aliphatic rings. The summed E-state index contributed by atoms with van der Waals surface area (Å²) in [5.41, 5.74) is -0.657. The quantitative estimate of drug-likeness (QED) is 0.689. The van der Waals surface area contributed by atoms with E-state index in [4.69, 9.17) is 5.11 Å². The van der Waals surface area contributed by atoms with E-state index >= 15 is 0 Å². The van der Waals surface area contributed by atoms with Gasteiger partial charge in [-0.3, -0.25) is 4.90 Å². The van der Waals surface area contributed by atoms with Crippen molar-refractivity contribution in [2.75, 3.05) is 31.2 Å². The Hall–Kier alpha value is 0.230. The third-order valence-electron chi connectivity index (χ3n) is 2.15. The number of aliphatic hydroxyl groups excluding tert-OH is 1. The number of hydrogen-bond donors (Lipinski definition) is 2. The Kier molecular flexibility index (Phi) is 4.04. The highest BCUT2D eigenvalue weighted by Gasteiger charge is 2.26. The predicted molar refractivity (Wildman–Crippen MR) is 56.1 cm³/mol. The molecule has 0 aromatic carbocycles. The van der Waals surface area contributed by atoms with Gasteiger partial charge < -0.3 is 10.2 Å². The Labute approximate surface area is 84.1 Å². The molecule has 0 aromatic rings. The van der Waals surface area contributed by atoms with E-state index < -0.39 is 5.60 Å². The largest absolute Gasteiger partial charge is 0.395 e. The van der Waals surface area contributed by atoms with Crippen LogP contribution in [0, 0.1) is 0 Å². The number of β-amino-alcohol motifs (C(OH)–C–C–N with tert-alkyl or cyclic N) is 1. The molecular formula is C9H19NO2S. The molecule has 13 heavy (non-hydrogen) atoms. The smallest absolute Gasteiger partial charge is 0.0718 e.